The van der Waals surface area contributed by atoms with Crippen LogP contribution in [-0.2, 0) is 11.2 Å². The zero-order valence-corrected chi connectivity index (χ0v) is 12.2. The van der Waals surface area contributed by atoms with Gasteiger partial charge in [0.25, 0.3) is 0 Å². The maximum absolute atomic E-state index is 12.8. The van der Waals surface area contributed by atoms with Gasteiger partial charge >= 0.3 is 0 Å². The van der Waals surface area contributed by atoms with Crippen molar-refractivity contribution in [2.45, 2.75) is 51.2 Å². The zero-order chi connectivity index (χ0) is 14.0. The van der Waals surface area contributed by atoms with Crippen molar-refractivity contribution in [1.29, 1.82) is 0 Å². The van der Waals surface area contributed by atoms with Crippen LogP contribution in [0, 0.1) is 11.2 Å². The summed E-state index contributed by atoms with van der Waals surface area (Å²) in [7, 11) is 0. The lowest BCUT2D eigenvalue weighted by atomic mass is 9.51. The van der Waals surface area contributed by atoms with Crippen LogP contribution in [-0.4, -0.2) is 25.3 Å². The highest BCUT2D eigenvalue weighted by Crippen LogP contribution is 2.57. The highest BCUT2D eigenvalue weighted by molar-refractivity contribution is 5.17. The van der Waals surface area contributed by atoms with Crippen molar-refractivity contribution in [3.8, 4) is 0 Å². The van der Waals surface area contributed by atoms with Gasteiger partial charge in [0.05, 0.1) is 6.10 Å². The molecule has 0 radical (unpaired) electrons. The summed E-state index contributed by atoms with van der Waals surface area (Å²) < 4.78 is 18.7. The fraction of sp³-hybridized carbons (Fsp3) is 0.647. The van der Waals surface area contributed by atoms with Gasteiger partial charge in [-0.25, -0.2) is 4.39 Å². The van der Waals surface area contributed by atoms with Crippen LogP contribution in [0.2, 0.25) is 0 Å². The van der Waals surface area contributed by atoms with Crippen molar-refractivity contribution in [3.63, 3.8) is 0 Å². The summed E-state index contributed by atoms with van der Waals surface area (Å²) in [6, 6.07) is 7.45. The maximum atomic E-state index is 12.8. The van der Waals surface area contributed by atoms with Crippen LogP contribution < -0.4 is 5.32 Å². The van der Waals surface area contributed by atoms with Gasteiger partial charge in [-0.2, -0.15) is 0 Å². The highest BCUT2D eigenvalue weighted by atomic mass is 19.1. The Hall–Kier alpha value is -0.930. The zero-order valence-electron chi connectivity index (χ0n) is 12.2. The predicted octanol–water partition coefficient (Wildman–Crippen LogP) is 3.31. The first kappa shape index (κ1) is 14.0. The first-order chi connectivity index (χ1) is 9.74. The molecule has 1 N–H and O–H groups in total. The van der Waals surface area contributed by atoms with E-state index in [2.05, 4.69) is 12.2 Å². The van der Waals surface area contributed by atoms with Crippen LogP contribution in [0.25, 0.3) is 0 Å². The normalized spacial score (nSPS) is 27.1. The fourth-order valence-corrected chi connectivity index (χ4v) is 3.77. The number of hydrogen-bond donors (Lipinski definition) is 1. The van der Waals surface area contributed by atoms with E-state index in [1.807, 2.05) is 12.1 Å². The highest BCUT2D eigenvalue weighted by Gasteiger charge is 2.58. The van der Waals surface area contributed by atoms with E-state index in [0.717, 1.165) is 26.0 Å². The van der Waals surface area contributed by atoms with Crippen LogP contribution in [0.5, 0.6) is 0 Å². The van der Waals surface area contributed by atoms with Gasteiger partial charge in [0, 0.05) is 18.1 Å². The Kier molecular flexibility index (Phi) is 4.08. The summed E-state index contributed by atoms with van der Waals surface area (Å²) in [5, 5.41) is 3.69. The third-order valence-electron chi connectivity index (χ3n) is 5.15. The van der Waals surface area contributed by atoms with Crippen molar-refractivity contribution in [2.75, 3.05) is 13.2 Å². The molecule has 2 aliphatic rings. The smallest absolute Gasteiger partial charge is 0.123 e. The van der Waals surface area contributed by atoms with Crippen molar-refractivity contribution in [2.24, 2.45) is 5.41 Å². The monoisotopic (exact) mass is 277 g/mol. The second kappa shape index (κ2) is 5.82. The molecular weight excluding hydrogens is 253 g/mol. The van der Waals surface area contributed by atoms with E-state index in [4.69, 9.17) is 4.74 Å². The molecule has 3 heteroatoms. The average Bonchev–Trinajstić information content (AvgIpc) is 2.37. The van der Waals surface area contributed by atoms with E-state index < -0.39 is 0 Å². The molecule has 2 fully saturated rings. The predicted molar refractivity (Wildman–Crippen MR) is 78.2 cm³/mol. The fourth-order valence-electron chi connectivity index (χ4n) is 3.77. The molecule has 20 heavy (non-hydrogen) atoms. The molecule has 0 aliphatic heterocycles. The Bertz CT molecular complexity index is 441. The maximum Gasteiger partial charge on any atom is 0.123 e. The van der Waals surface area contributed by atoms with E-state index >= 15 is 0 Å². The van der Waals surface area contributed by atoms with Crippen LogP contribution in [0.15, 0.2) is 24.3 Å². The molecule has 0 amide bonds. The van der Waals surface area contributed by atoms with Crippen LogP contribution in [0.1, 0.15) is 38.2 Å². The summed E-state index contributed by atoms with van der Waals surface area (Å²) in [5.74, 6) is -0.159. The molecule has 1 spiro atoms. The van der Waals surface area contributed by atoms with Gasteiger partial charge in [-0.3, -0.25) is 0 Å². The van der Waals surface area contributed by atoms with Crippen LogP contribution in [0.4, 0.5) is 4.39 Å². The van der Waals surface area contributed by atoms with Gasteiger partial charge < -0.3 is 10.1 Å². The second-order valence-corrected chi connectivity index (χ2v) is 6.15. The van der Waals surface area contributed by atoms with E-state index in [0.29, 0.717) is 17.6 Å². The number of halogens is 1. The van der Waals surface area contributed by atoms with E-state index in [1.165, 1.54) is 37.0 Å². The molecular formula is C17H24FNO. The number of nitrogens with one attached hydrogen (secondary N) is 1. The van der Waals surface area contributed by atoms with Crippen molar-refractivity contribution in [3.05, 3.63) is 35.6 Å². The van der Waals surface area contributed by atoms with Crippen LogP contribution in [0.3, 0.4) is 0 Å². The molecule has 0 aromatic heterocycles. The van der Waals surface area contributed by atoms with Gasteiger partial charge in [-0.15, -0.1) is 0 Å². The average molecular weight is 277 g/mol. The number of rotatable bonds is 6. The van der Waals surface area contributed by atoms with Gasteiger partial charge in [-0.1, -0.05) is 18.6 Å². The molecule has 3 rings (SSSR count). The first-order valence-electron chi connectivity index (χ1n) is 7.84. The summed E-state index contributed by atoms with van der Waals surface area (Å²) in [5.41, 5.74) is 1.63. The van der Waals surface area contributed by atoms with Gasteiger partial charge in [0.2, 0.25) is 0 Å². The molecule has 1 aromatic carbocycles. The van der Waals surface area contributed by atoms with E-state index in [9.17, 15) is 4.39 Å². The molecule has 2 saturated carbocycles. The molecule has 2 unspecified atom stereocenters. The lowest BCUT2D eigenvalue weighted by molar-refractivity contribution is -0.172. The number of benzene rings is 1. The van der Waals surface area contributed by atoms with E-state index in [-0.39, 0.29) is 5.82 Å². The first-order valence-corrected chi connectivity index (χ1v) is 7.84. The topological polar surface area (TPSA) is 21.3 Å². The standard InChI is InChI=1S/C17H24FNO/c1-2-20-16-12-15(17(16)9-3-10-17)19-11-8-13-4-6-14(18)7-5-13/h4-7,15-16,19H,2-3,8-12H2,1H3. The SMILES string of the molecule is CCOC1CC(NCCc2ccc(F)cc2)C12CCC2. The summed E-state index contributed by atoms with van der Waals surface area (Å²) in [4.78, 5) is 0. The second-order valence-electron chi connectivity index (χ2n) is 6.15. The summed E-state index contributed by atoms with van der Waals surface area (Å²) in [6.07, 6.45) is 6.56. The third-order valence-corrected chi connectivity index (χ3v) is 5.15. The van der Waals surface area contributed by atoms with Gasteiger partial charge in [-0.05, 0) is 56.8 Å². The van der Waals surface area contributed by atoms with Gasteiger partial charge in [0.15, 0.2) is 0 Å². The summed E-state index contributed by atoms with van der Waals surface area (Å²) in [6.45, 7) is 3.88. The minimum atomic E-state index is -0.159. The Morgan fingerprint density at radius 3 is 2.65 bits per heavy atom. The molecule has 0 saturated heterocycles. The lowest BCUT2D eigenvalue weighted by Crippen LogP contribution is -2.67. The Morgan fingerprint density at radius 1 is 1.30 bits per heavy atom. The molecule has 2 aliphatic carbocycles. The summed E-state index contributed by atoms with van der Waals surface area (Å²) >= 11 is 0. The molecule has 110 valence electrons. The number of ether oxygens (including phenoxy) is 1. The quantitative estimate of drug-likeness (QED) is 0.861. The molecule has 0 bridgehead atoms. The lowest BCUT2D eigenvalue weighted by Gasteiger charge is -2.61. The van der Waals surface area contributed by atoms with Crippen LogP contribution >= 0.6 is 0 Å². The van der Waals surface area contributed by atoms with Crippen molar-refractivity contribution in [1.82, 2.24) is 5.32 Å². The van der Waals surface area contributed by atoms with Gasteiger partial charge in [0.1, 0.15) is 5.82 Å². The Balaban J connectivity index is 1.46. The molecule has 2 atom stereocenters. The minimum Gasteiger partial charge on any atom is -0.378 e. The van der Waals surface area contributed by atoms with E-state index in [1.54, 1.807) is 0 Å². The largest absolute Gasteiger partial charge is 0.378 e. The van der Waals surface area contributed by atoms with Crippen molar-refractivity contribution >= 4 is 0 Å². The minimum absolute atomic E-state index is 0.159. The Labute approximate surface area is 120 Å². The third kappa shape index (κ3) is 2.49. The van der Waals surface area contributed by atoms with Crippen molar-refractivity contribution < 1.29 is 9.13 Å². The molecule has 0 heterocycles. The Morgan fingerprint density at radius 2 is 2.05 bits per heavy atom. The number of hydrogen-bond acceptors (Lipinski definition) is 2. The molecule has 1 aromatic rings. The molecule has 2 nitrogen and oxygen atoms in total.